The van der Waals surface area contributed by atoms with Gasteiger partial charge < -0.3 is 15.2 Å². The second-order valence-corrected chi connectivity index (χ2v) is 4.64. The molecule has 0 spiro atoms. The normalized spacial score (nSPS) is 13.6. The molecule has 0 aliphatic rings. The van der Waals surface area contributed by atoms with E-state index < -0.39 is 29.7 Å². The van der Waals surface area contributed by atoms with Crippen molar-refractivity contribution in [3.8, 4) is 0 Å². The summed E-state index contributed by atoms with van der Waals surface area (Å²) in [5.74, 6) is -2.52. The number of hydrogen-bond donors (Lipinski definition) is 2. The van der Waals surface area contributed by atoms with Crippen molar-refractivity contribution in [1.29, 1.82) is 0 Å². The fourth-order valence-electron chi connectivity index (χ4n) is 1.75. The van der Waals surface area contributed by atoms with Crippen molar-refractivity contribution in [2.45, 2.75) is 19.9 Å². The Morgan fingerprint density at radius 2 is 2.10 bits per heavy atom. The number of aryl methyl sites for hydroxylation is 1. The fourth-order valence-corrected chi connectivity index (χ4v) is 1.75. The smallest absolute Gasteiger partial charge is 0.330 e. The van der Waals surface area contributed by atoms with Crippen LogP contribution >= 0.6 is 0 Å². The van der Waals surface area contributed by atoms with Crippen molar-refractivity contribution in [1.82, 2.24) is 5.32 Å². The number of carbonyl (C=O) groups excluding carboxylic acids is 1. The number of benzene rings is 1. The van der Waals surface area contributed by atoms with Gasteiger partial charge in [-0.05, 0) is 24.1 Å². The first-order chi connectivity index (χ1) is 9.36. The van der Waals surface area contributed by atoms with E-state index in [-0.39, 0.29) is 6.61 Å². The summed E-state index contributed by atoms with van der Waals surface area (Å²) in [4.78, 5) is 23.1. The molecule has 1 aromatic carbocycles. The Morgan fingerprint density at radius 3 is 2.60 bits per heavy atom. The Kier molecular flexibility index (Phi) is 5.64. The average molecular weight is 283 g/mol. The molecule has 0 aromatic heterocycles. The molecular formula is C14H18FNO4. The molecule has 0 bridgehead atoms. The van der Waals surface area contributed by atoms with E-state index in [9.17, 15) is 19.1 Å². The summed E-state index contributed by atoms with van der Waals surface area (Å²) in [6.45, 7) is 3.36. The highest BCUT2D eigenvalue weighted by atomic mass is 19.1. The van der Waals surface area contributed by atoms with Crippen LogP contribution in [-0.4, -0.2) is 30.7 Å². The molecule has 0 saturated carbocycles. The molecule has 110 valence electrons. The second kappa shape index (κ2) is 7.00. The van der Waals surface area contributed by atoms with Crippen LogP contribution in [-0.2, 0) is 14.3 Å². The van der Waals surface area contributed by atoms with Crippen molar-refractivity contribution >= 4 is 11.9 Å². The van der Waals surface area contributed by atoms with Gasteiger partial charge in [-0.1, -0.05) is 19.1 Å². The van der Waals surface area contributed by atoms with E-state index in [1.165, 1.54) is 32.2 Å². The van der Waals surface area contributed by atoms with Gasteiger partial charge >= 0.3 is 5.97 Å². The van der Waals surface area contributed by atoms with Gasteiger partial charge in [0.05, 0.1) is 12.5 Å². The van der Waals surface area contributed by atoms with E-state index >= 15 is 0 Å². The zero-order valence-corrected chi connectivity index (χ0v) is 11.6. The van der Waals surface area contributed by atoms with Gasteiger partial charge in [-0.25, -0.2) is 9.18 Å². The number of aliphatic carboxylic acids is 1. The second-order valence-electron chi connectivity index (χ2n) is 4.64. The molecule has 0 saturated heterocycles. The molecule has 0 radical (unpaired) electrons. The number of carbonyl (C=O) groups is 2. The maximum absolute atomic E-state index is 13.2. The lowest BCUT2D eigenvalue weighted by atomic mass is 10.0. The Bertz CT molecular complexity index is 504. The van der Waals surface area contributed by atoms with Crippen LogP contribution in [0.15, 0.2) is 18.2 Å². The molecule has 6 heteroatoms. The zero-order valence-electron chi connectivity index (χ0n) is 11.6. The maximum atomic E-state index is 13.2. The van der Waals surface area contributed by atoms with Crippen molar-refractivity contribution in [3.63, 3.8) is 0 Å². The Hall–Kier alpha value is -1.95. The van der Waals surface area contributed by atoms with Gasteiger partial charge in [-0.2, -0.15) is 0 Å². The van der Waals surface area contributed by atoms with Crippen LogP contribution in [0.2, 0.25) is 0 Å². The van der Waals surface area contributed by atoms with E-state index in [4.69, 9.17) is 4.74 Å². The molecule has 5 nitrogen and oxygen atoms in total. The van der Waals surface area contributed by atoms with E-state index in [0.29, 0.717) is 11.1 Å². The van der Waals surface area contributed by atoms with Crippen LogP contribution in [0.3, 0.4) is 0 Å². The van der Waals surface area contributed by atoms with Crippen molar-refractivity contribution in [3.05, 3.63) is 35.1 Å². The third-order valence-corrected chi connectivity index (χ3v) is 2.91. The molecule has 20 heavy (non-hydrogen) atoms. The lowest BCUT2D eigenvalue weighted by molar-refractivity contribution is -0.142. The maximum Gasteiger partial charge on any atom is 0.330 e. The van der Waals surface area contributed by atoms with Crippen LogP contribution in [0.4, 0.5) is 4.39 Å². The number of rotatable bonds is 6. The quantitative estimate of drug-likeness (QED) is 0.832. The molecule has 2 atom stereocenters. The van der Waals surface area contributed by atoms with Crippen LogP contribution in [0.25, 0.3) is 0 Å². The molecule has 1 aromatic rings. The molecule has 0 fully saturated rings. The van der Waals surface area contributed by atoms with Gasteiger partial charge in [0.1, 0.15) is 5.82 Å². The first-order valence-electron chi connectivity index (χ1n) is 6.15. The summed E-state index contributed by atoms with van der Waals surface area (Å²) < 4.78 is 18.1. The summed E-state index contributed by atoms with van der Waals surface area (Å²) in [6, 6.07) is 2.74. The highest BCUT2D eigenvalue weighted by molar-refractivity contribution is 5.85. The van der Waals surface area contributed by atoms with E-state index in [1.54, 1.807) is 6.92 Å². The molecule has 2 unspecified atom stereocenters. The van der Waals surface area contributed by atoms with Crippen molar-refractivity contribution in [2.75, 3.05) is 13.7 Å². The highest BCUT2D eigenvalue weighted by Gasteiger charge is 2.25. The topological polar surface area (TPSA) is 75.6 Å². The number of halogens is 1. The average Bonchev–Trinajstić information content (AvgIpc) is 2.39. The number of ether oxygens (including phenoxy) is 1. The largest absolute Gasteiger partial charge is 0.479 e. The minimum absolute atomic E-state index is 0.195. The van der Waals surface area contributed by atoms with Crippen molar-refractivity contribution in [2.24, 2.45) is 5.92 Å². The Labute approximate surface area is 116 Å². The first-order valence-corrected chi connectivity index (χ1v) is 6.15. The van der Waals surface area contributed by atoms with Crippen LogP contribution in [0, 0.1) is 18.7 Å². The SMILES string of the molecule is COCC(C)C(=O)NC(C(=O)O)c1ccc(F)c(C)c1. The molecular weight excluding hydrogens is 265 g/mol. The van der Waals surface area contributed by atoms with Gasteiger partial charge in [0.25, 0.3) is 0 Å². The van der Waals surface area contributed by atoms with Gasteiger partial charge in [-0.15, -0.1) is 0 Å². The summed E-state index contributed by atoms with van der Waals surface area (Å²) in [5, 5.41) is 11.6. The lowest BCUT2D eigenvalue weighted by Crippen LogP contribution is -2.38. The summed E-state index contributed by atoms with van der Waals surface area (Å²) >= 11 is 0. The van der Waals surface area contributed by atoms with Gasteiger partial charge in [0.15, 0.2) is 6.04 Å². The number of carboxylic acid groups (broad SMARTS) is 1. The van der Waals surface area contributed by atoms with E-state index in [1.807, 2.05) is 0 Å². The predicted octanol–water partition coefficient (Wildman–Crippen LogP) is 1.66. The van der Waals surface area contributed by atoms with Gasteiger partial charge in [0.2, 0.25) is 5.91 Å². The van der Waals surface area contributed by atoms with Gasteiger partial charge in [-0.3, -0.25) is 4.79 Å². The highest BCUT2D eigenvalue weighted by Crippen LogP contribution is 2.18. The van der Waals surface area contributed by atoms with Crippen LogP contribution < -0.4 is 5.32 Å². The van der Waals surface area contributed by atoms with E-state index in [2.05, 4.69) is 5.32 Å². The number of nitrogens with one attached hydrogen (secondary N) is 1. The Morgan fingerprint density at radius 1 is 1.45 bits per heavy atom. The molecule has 1 rings (SSSR count). The minimum atomic E-state index is -1.21. The summed E-state index contributed by atoms with van der Waals surface area (Å²) in [7, 11) is 1.46. The lowest BCUT2D eigenvalue weighted by Gasteiger charge is -2.18. The Balaban J connectivity index is 2.92. The minimum Gasteiger partial charge on any atom is -0.479 e. The number of amides is 1. The molecule has 2 N–H and O–H groups in total. The summed E-state index contributed by atoms with van der Waals surface area (Å²) in [6.07, 6.45) is 0. The van der Waals surface area contributed by atoms with Gasteiger partial charge in [0, 0.05) is 7.11 Å². The first kappa shape index (κ1) is 16.1. The van der Waals surface area contributed by atoms with Crippen molar-refractivity contribution < 1.29 is 23.8 Å². The number of carboxylic acids is 1. The zero-order chi connectivity index (χ0) is 15.3. The third kappa shape index (κ3) is 4.03. The molecule has 0 aliphatic heterocycles. The summed E-state index contributed by atoms with van der Waals surface area (Å²) in [5.41, 5.74) is 0.655. The number of methoxy groups -OCH3 is 1. The third-order valence-electron chi connectivity index (χ3n) is 2.91. The van der Waals surface area contributed by atoms with Crippen LogP contribution in [0.5, 0.6) is 0 Å². The number of hydrogen-bond acceptors (Lipinski definition) is 3. The molecule has 0 heterocycles. The predicted molar refractivity (Wildman–Crippen MR) is 70.7 cm³/mol. The molecule has 0 aliphatic carbocycles. The van der Waals surface area contributed by atoms with E-state index in [0.717, 1.165) is 0 Å². The fraction of sp³-hybridized carbons (Fsp3) is 0.429. The standard InChI is InChI=1S/C14H18FNO4/c1-8-6-10(4-5-11(8)15)12(14(18)19)16-13(17)9(2)7-20-3/h4-6,9,12H,7H2,1-3H3,(H,16,17)(H,18,19). The monoisotopic (exact) mass is 283 g/mol. The molecule has 1 amide bonds. The van der Waals surface area contributed by atoms with Crippen LogP contribution in [0.1, 0.15) is 24.1 Å².